The van der Waals surface area contributed by atoms with Gasteiger partial charge >= 0.3 is 0 Å². The summed E-state index contributed by atoms with van der Waals surface area (Å²) in [5.41, 5.74) is 7.26. The van der Waals surface area contributed by atoms with E-state index >= 15 is 0 Å². The smallest absolute Gasteiger partial charge is 0.0490 e. The quantitative estimate of drug-likeness (QED) is 0.332. The topological polar surface area (TPSA) is 8.17 Å². The Labute approximate surface area is 165 Å². The molecule has 5 rings (SSSR count). The van der Waals surface area contributed by atoms with Gasteiger partial charge in [-0.05, 0) is 55.5 Å². The van der Waals surface area contributed by atoms with Gasteiger partial charge in [0.05, 0.1) is 0 Å². The normalized spacial score (nSPS) is 11.2. The summed E-state index contributed by atoms with van der Waals surface area (Å²) in [7, 11) is 2.14. The molecule has 0 saturated heterocycles. The predicted octanol–water partition coefficient (Wildman–Crippen LogP) is 7.11. The van der Waals surface area contributed by atoms with Crippen LogP contribution in [0.4, 0.5) is 17.1 Å². The maximum absolute atomic E-state index is 2.32. The first kappa shape index (κ1) is 16.6. The lowest BCUT2D eigenvalue weighted by molar-refractivity contribution is 1.01. The molecule has 0 radical (unpaired) electrons. The molecule has 0 amide bonds. The molecule has 0 spiro atoms. The SMILES string of the molecule is Cc1ccc(N(c2ccccc2)c2ccc3c(c2)c2ccccc2n3C)cc1. The van der Waals surface area contributed by atoms with Crippen LogP contribution in [-0.4, -0.2) is 4.57 Å². The van der Waals surface area contributed by atoms with E-state index in [0.29, 0.717) is 0 Å². The molecule has 4 aromatic carbocycles. The fourth-order valence-corrected chi connectivity index (χ4v) is 4.01. The highest BCUT2D eigenvalue weighted by Crippen LogP contribution is 2.38. The zero-order chi connectivity index (χ0) is 19.1. The van der Waals surface area contributed by atoms with Crippen LogP contribution in [0.2, 0.25) is 0 Å². The molecule has 0 aliphatic rings. The molecule has 0 saturated carbocycles. The third-order valence-electron chi connectivity index (χ3n) is 5.46. The zero-order valence-electron chi connectivity index (χ0n) is 16.1. The number of hydrogen-bond donors (Lipinski definition) is 0. The van der Waals surface area contributed by atoms with Gasteiger partial charge in [-0.25, -0.2) is 0 Å². The molecule has 0 unspecified atom stereocenters. The summed E-state index contributed by atoms with van der Waals surface area (Å²) in [5.74, 6) is 0. The number of rotatable bonds is 3. The van der Waals surface area contributed by atoms with Gasteiger partial charge in [-0.2, -0.15) is 0 Å². The Morgan fingerprint density at radius 3 is 1.96 bits per heavy atom. The van der Waals surface area contributed by atoms with E-state index in [0.717, 1.165) is 11.4 Å². The Morgan fingerprint density at radius 1 is 0.571 bits per heavy atom. The van der Waals surface area contributed by atoms with Crippen LogP contribution in [0.15, 0.2) is 97.1 Å². The first-order valence-corrected chi connectivity index (χ1v) is 9.61. The van der Waals surface area contributed by atoms with E-state index in [2.05, 4.69) is 121 Å². The van der Waals surface area contributed by atoms with Crippen molar-refractivity contribution in [1.29, 1.82) is 0 Å². The highest BCUT2D eigenvalue weighted by Gasteiger charge is 2.15. The average molecular weight is 362 g/mol. The Bertz CT molecular complexity index is 1260. The lowest BCUT2D eigenvalue weighted by atomic mass is 10.1. The van der Waals surface area contributed by atoms with Crippen molar-refractivity contribution in [2.24, 2.45) is 7.05 Å². The molecule has 136 valence electrons. The van der Waals surface area contributed by atoms with Gasteiger partial charge in [-0.1, -0.05) is 54.1 Å². The van der Waals surface area contributed by atoms with Gasteiger partial charge in [0.2, 0.25) is 0 Å². The lowest BCUT2D eigenvalue weighted by Crippen LogP contribution is -2.09. The summed E-state index contributed by atoms with van der Waals surface area (Å²) in [6, 6.07) is 34.6. The number of hydrogen-bond acceptors (Lipinski definition) is 1. The monoisotopic (exact) mass is 362 g/mol. The number of nitrogens with zero attached hydrogens (tertiary/aromatic N) is 2. The summed E-state index contributed by atoms with van der Waals surface area (Å²) in [4.78, 5) is 2.32. The zero-order valence-corrected chi connectivity index (χ0v) is 16.1. The number of benzene rings is 4. The minimum Gasteiger partial charge on any atom is -0.344 e. The van der Waals surface area contributed by atoms with Gasteiger partial charge in [-0.15, -0.1) is 0 Å². The summed E-state index contributed by atoms with van der Waals surface area (Å²) < 4.78 is 2.27. The van der Waals surface area contributed by atoms with Crippen LogP contribution in [0.3, 0.4) is 0 Å². The molecule has 1 heterocycles. The molecule has 2 heteroatoms. The summed E-state index contributed by atoms with van der Waals surface area (Å²) in [6.07, 6.45) is 0. The van der Waals surface area contributed by atoms with Crippen LogP contribution in [-0.2, 0) is 7.05 Å². The van der Waals surface area contributed by atoms with Crippen molar-refractivity contribution in [1.82, 2.24) is 4.57 Å². The number of fused-ring (bicyclic) bond motifs is 3. The van der Waals surface area contributed by atoms with Gasteiger partial charge in [0.1, 0.15) is 0 Å². The van der Waals surface area contributed by atoms with E-state index in [-0.39, 0.29) is 0 Å². The van der Waals surface area contributed by atoms with E-state index in [1.54, 1.807) is 0 Å². The van der Waals surface area contributed by atoms with Crippen molar-refractivity contribution in [2.75, 3.05) is 4.90 Å². The van der Waals surface area contributed by atoms with Gasteiger partial charge in [0.15, 0.2) is 0 Å². The van der Waals surface area contributed by atoms with Crippen LogP contribution >= 0.6 is 0 Å². The molecule has 0 atom stereocenters. The first-order chi connectivity index (χ1) is 13.7. The maximum atomic E-state index is 2.32. The van der Waals surface area contributed by atoms with E-state index in [4.69, 9.17) is 0 Å². The molecule has 0 aliphatic carbocycles. The minimum atomic E-state index is 1.16. The summed E-state index contributed by atoms with van der Waals surface area (Å²) in [5, 5.41) is 2.57. The predicted molar refractivity (Wildman–Crippen MR) is 120 cm³/mol. The molecule has 28 heavy (non-hydrogen) atoms. The van der Waals surface area contributed by atoms with Crippen molar-refractivity contribution >= 4 is 38.9 Å². The maximum Gasteiger partial charge on any atom is 0.0490 e. The largest absolute Gasteiger partial charge is 0.344 e. The number of aromatic nitrogens is 1. The molecule has 5 aromatic rings. The number of para-hydroxylation sites is 2. The van der Waals surface area contributed by atoms with E-state index in [1.807, 2.05) is 0 Å². The third kappa shape index (κ3) is 2.66. The van der Waals surface area contributed by atoms with Crippen molar-refractivity contribution in [2.45, 2.75) is 6.92 Å². The second-order valence-corrected chi connectivity index (χ2v) is 7.28. The van der Waals surface area contributed by atoms with Crippen molar-refractivity contribution in [3.8, 4) is 0 Å². The second kappa shape index (κ2) is 6.58. The molecule has 0 aliphatic heterocycles. The van der Waals surface area contributed by atoms with Crippen LogP contribution in [0.25, 0.3) is 21.8 Å². The second-order valence-electron chi connectivity index (χ2n) is 7.28. The molecular weight excluding hydrogens is 340 g/mol. The number of anilines is 3. The molecule has 1 aromatic heterocycles. The first-order valence-electron chi connectivity index (χ1n) is 9.61. The fraction of sp³-hybridized carbons (Fsp3) is 0.0769. The van der Waals surface area contributed by atoms with Crippen LogP contribution in [0.1, 0.15) is 5.56 Å². The van der Waals surface area contributed by atoms with Gasteiger partial charge in [0.25, 0.3) is 0 Å². The average Bonchev–Trinajstić information content (AvgIpc) is 3.03. The number of aryl methyl sites for hydroxylation is 2. The minimum absolute atomic E-state index is 1.16. The highest BCUT2D eigenvalue weighted by atomic mass is 15.1. The van der Waals surface area contributed by atoms with Crippen molar-refractivity contribution in [3.63, 3.8) is 0 Å². The molecule has 0 N–H and O–H groups in total. The van der Waals surface area contributed by atoms with Gasteiger partial charge in [-0.3, -0.25) is 0 Å². The van der Waals surface area contributed by atoms with Gasteiger partial charge < -0.3 is 9.47 Å². The molecular formula is C26H22N2. The van der Waals surface area contributed by atoms with Crippen LogP contribution in [0.5, 0.6) is 0 Å². The van der Waals surface area contributed by atoms with E-state index in [1.165, 1.54) is 33.1 Å². The highest BCUT2D eigenvalue weighted by molar-refractivity contribution is 6.09. The molecule has 2 nitrogen and oxygen atoms in total. The third-order valence-corrected chi connectivity index (χ3v) is 5.46. The van der Waals surface area contributed by atoms with Crippen molar-refractivity contribution in [3.05, 3.63) is 103 Å². The molecule has 0 fully saturated rings. The Balaban J connectivity index is 1.76. The van der Waals surface area contributed by atoms with Crippen LogP contribution in [0, 0.1) is 6.92 Å². The fourth-order valence-electron chi connectivity index (χ4n) is 4.01. The van der Waals surface area contributed by atoms with E-state index in [9.17, 15) is 0 Å². The Morgan fingerprint density at radius 2 is 1.18 bits per heavy atom. The Hall–Kier alpha value is -3.52. The van der Waals surface area contributed by atoms with Crippen molar-refractivity contribution < 1.29 is 0 Å². The lowest BCUT2D eigenvalue weighted by Gasteiger charge is -2.25. The van der Waals surface area contributed by atoms with Gasteiger partial charge in [0, 0.05) is 45.9 Å². The Kier molecular flexibility index (Phi) is 3.91. The summed E-state index contributed by atoms with van der Waals surface area (Å²) >= 11 is 0. The van der Waals surface area contributed by atoms with E-state index < -0.39 is 0 Å². The standard InChI is InChI=1S/C26H22N2/c1-19-12-14-21(15-13-19)28(20-8-4-3-5-9-20)22-16-17-26-24(18-22)23-10-6-7-11-25(23)27(26)2/h3-18H,1-2H3. The summed E-state index contributed by atoms with van der Waals surface area (Å²) in [6.45, 7) is 2.12. The van der Waals surface area contributed by atoms with Crippen LogP contribution < -0.4 is 4.90 Å². The molecule has 0 bridgehead atoms.